The third kappa shape index (κ3) is 3.87. The van der Waals surface area contributed by atoms with Crippen molar-refractivity contribution in [2.75, 3.05) is 5.32 Å². The van der Waals surface area contributed by atoms with Crippen molar-refractivity contribution in [2.24, 2.45) is 0 Å². The van der Waals surface area contributed by atoms with Crippen LogP contribution in [0.1, 0.15) is 33.9 Å². The van der Waals surface area contributed by atoms with Gasteiger partial charge in [-0.1, -0.05) is 42.5 Å². The monoisotopic (exact) mass is 392 g/mol. The zero-order chi connectivity index (χ0) is 20.4. The quantitative estimate of drug-likeness (QED) is 0.685. The zero-order valence-electron chi connectivity index (χ0n) is 15.4. The molecule has 0 saturated heterocycles. The van der Waals surface area contributed by atoms with Crippen molar-refractivity contribution < 1.29 is 18.4 Å². The summed E-state index contributed by atoms with van der Waals surface area (Å²) >= 11 is 0. The Balaban J connectivity index is 1.61. The fraction of sp³-hybridized carbons (Fsp3) is 0.130. The van der Waals surface area contributed by atoms with Gasteiger partial charge in [-0.25, -0.2) is 8.78 Å². The number of hydrogen-bond donors (Lipinski definition) is 1. The van der Waals surface area contributed by atoms with Gasteiger partial charge in [-0.05, 0) is 41.5 Å². The number of nitrogens with zero attached hydrogens (tertiary/aromatic N) is 1. The topological polar surface area (TPSA) is 49.4 Å². The number of para-hydroxylation sites is 1. The minimum absolute atomic E-state index is 0.0754. The predicted octanol–water partition coefficient (Wildman–Crippen LogP) is 4.69. The summed E-state index contributed by atoms with van der Waals surface area (Å²) < 4.78 is 27.3. The maximum absolute atomic E-state index is 13.9. The van der Waals surface area contributed by atoms with Gasteiger partial charge in [-0.3, -0.25) is 9.59 Å². The summed E-state index contributed by atoms with van der Waals surface area (Å²) in [6.45, 7) is 0.351. The van der Waals surface area contributed by atoms with Crippen LogP contribution in [0.25, 0.3) is 0 Å². The summed E-state index contributed by atoms with van der Waals surface area (Å²) in [6.07, 6.45) is -0.0836. The number of rotatable bonds is 5. The van der Waals surface area contributed by atoms with Crippen LogP contribution >= 0.6 is 0 Å². The molecule has 3 aromatic carbocycles. The lowest BCUT2D eigenvalue weighted by Crippen LogP contribution is -2.32. The smallest absolute Gasteiger partial charge is 0.255 e. The Morgan fingerprint density at radius 3 is 2.38 bits per heavy atom. The molecule has 0 aromatic heterocycles. The fourth-order valence-corrected chi connectivity index (χ4v) is 3.56. The van der Waals surface area contributed by atoms with Gasteiger partial charge in [0.2, 0.25) is 5.91 Å². The van der Waals surface area contributed by atoms with Crippen molar-refractivity contribution in [1.82, 2.24) is 4.90 Å². The van der Waals surface area contributed by atoms with Crippen LogP contribution in [-0.4, -0.2) is 16.7 Å². The van der Waals surface area contributed by atoms with Crippen LogP contribution in [0.2, 0.25) is 0 Å². The molecule has 0 radical (unpaired) electrons. The summed E-state index contributed by atoms with van der Waals surface area (Å²) in [5.41, 5.74) is 2.18. The van der Waals surface area contributed by atoms with Gasteiger partial charge in [0.05, 0.1) is 18.2 Å². The molecule has 1 heterocycles. The highest BCUT2D eigenvalue weighted by molar-refractivity contribution is 5.99. The molecule has 0 aliphatic carbocycles. The minimum atomic E-state index is -0.609. The molecule has 4 rings (SSSR count). The molecular formula is C23H18F2N2O2. The normalized spacial score (nSPS) is 13.9. The second-order valence-corrected chi connectivity index (χ2v) is 6.89. The molecule has 29 heavy (non-hydrogen) atoms. The van der Waals surface area contributed by atoms with E-state index in [1.54, 1.807) is 35.2 Å². The van der Waals surface area contributed by atoms with E-state index in [9.17, 15) is 18.4 Å². The molecule has 0 fully saturated rings. The van der Waals surface area contributed by atoms with Crippen molar-refractivity contribution in [1.29, 1.82) is 0 Å². The molecule has 2 amide bonds. The first-order valence-corrected chi connectivity index (χ1v) is 9.21. The third-order valence-corrected chi connectivity index (χ3v) is 5.01. The Kier molecular flexibility index (Phi) is 5.08. The molecule has 146 valence electrons. The maximum atomic E-state index is 13.9. The van der Waals surface area contributed by atoms with Crippen LogP contribution in [0.15, 0.2) is 72.8 Å². The number of fused-ring (bicyclic) bond motifs is 1. The highest BCUT2D eigenvalue weighted by atomic mass is 19.1. The Bertz CT molecular complexity index is 1070. The summed E-state index contributed by atoms with van der Waals surface area (Å²) in [5.74, 6) is -1.56. The van der Waals surface area contributed by atoms with E-state index in [1.807, 2.05) is 12.1 Å². The lowest BCUT2D eigenvalue weighted by Gasteiger charge is -2.28. The molecule has 0 unspecified atom stereocenters. The van der Waals surface area contributed by atoms with Gasteiger partial charge in [-0.2, -0.15) is 0 Å². The molecule has 4 nitrogen and oxygen atoms in total. The first-order valence-electron chi connectivity index (χ1n) is 9.21. The SMILES string of the molecule is O=C(C[C@@H](c1ccc(F)cc1)N1Cc2ccccc2C1=O)Nc1ccccc1F. The van der Waals surface area contributed by atoms with Gasteiger partial charge < -0.3 is 10.2 Å². The van der Waals surface area contributed by atoms with Crippen LogP contribution in [0.3, 0.4) is 0 Å². The largest absolute Gasteiger partial charge is 0.327 e. The summed E-state index contributed by atoms with van der Waals surface area (Å²) in [5, 5.41) is 2.56. The van der Waals surface area contributed by atoms with E-state index < -0.39 is 23.6 Å². The van der Waals surface area contributed by atoms with Crippen molar-refractivity contribution in [3.05, 3.63) is 101 Å². The summed E-state index contributed by atoms with van der Waals surface area (Å²) in [6, 6.07) is 18.3. The van der Waals surface area contributed by atoms with E-state index in [-0.39, 0.29) is 18.0 Å². The molecule has 3 aromatic rings. The molecule has 6 heteroatoms. The van der Waals surface area contributed by atoms with E-state index in [0.717, 1.165) is 5.56 Å². The predicted molar refractivity (Wildman–Crippen MR) is 105 cm³/mol. The van der Waals surface area contributed by atoms with Crippen molar-refractivity contribution in [3.8, 4) is 0 Å². The number of benzene rings is 3. The van der Waals surface area contributed by atoms with Crippen molar-refractivity contribution >= 4 is 17.5 Å². The number of hydrogen-bond acceptors (Lipinski definition) is 2. The van der Waals surface area contributed by atoms with Crippen molar-refractivity contribution in [3.63, 3.8) is 0 Å². The third-order valence-electron chi connectivity index (χ3n) is 5.01. The van der Waals surface area contributed by atoms with E-state index in [1.165, 1.54) is 30.3 Å². The van der Waals surface area contributed by atoms with E-state index in [2.05, 4.69) is 5.32 Å². The fourth-order valence-electron chi connectivity index (χ4n) is 3.56. The van der Waals surface area contributed by atoms with Gasteiger partial charge in [0.25, 0.3) is 5.91 Å². The highest BCUT2D eigenvalue weighted by Crippen LogP contribution is 2.33. The number of halogens is 2. The number of nitrogens with one attached hydrogen (secondary N) is 1. The molecule has 1 aliphatic rings. The molecule has 0 saturated carbocycles. The molecule has 0 bridgehead atoms. The second-order valence-electron chi connectivity index (χ2n) is 6.89. The first-order chi connectivity index (χ1) is 14.0. The summed E-state index contributed by atoms with van der Waals surface area (Å²) in [4.78, 5) is 27.2. The first kappa shape index (κ1) is 18.8. The van der Waals surface area contributed by atoms with Crippen LogP contribution in [0.4, 0.5) is 14.5 Å². The van der Waals surface area contributed by atoms with Gasteiger partial charge in [0.15, 0.2) is 0 Å². The summed E-state index contributed by atoms with van der Waals surface area (Å²) in [7, 11) is 0. The number of anilines is 1. The Hall–Kier alpha value is -3.54. The van der Waals surface area contributed by atoms with Gasteiger partial charge in [0, 0.05) is 12.1 Å². The minimum Gasteiger partial charge on any atom is -0.327 e. The van der Waals surface area contributed by atoms with E-state index in [4.69, 9.17) is 0 Å². The van der Waals surface area contributed by atoms with Gasteiger partial charge >= 0.3 is 0 Å². The highest BCUT2D eigenvalue weighted by Gasteiger charge is 2.34. The molecular weight excluding hydrogens is 374 g/mol. The van der Waals surface area contributed by atoms with Crippen LogP contribution in [0.5, 0.6) is 0 Å². The van der Waals surface area contributed by atoms with Crippen LogP contribution in [-0.2, 0) is 11.3 Å². The van der Waals surface area contributed by atoms with Crippen molar-refractivity contribution in [2.45, 2.75) is 19.0 Å². The van der Waals surface area contributed by atoms with Gasteiger partial charge in [0.1, 0.15) is 11.6 Å². The second kappa shape index (κ2) is 7.83. The van der Waals surface area contributed by atoms with E-state index >= 15 is 0 Å². The van der Waals surface area contributed by atoms with Crippen LogP contribution in [0, 0.1) is 11.6 Å². The average Bonchev–Trinajstić information content (AvgIpc) is 3.05. The molecule has 1 atom stereocenters. The Morgan fingerprint density at radius 1 is 0.966 bits per heavy atom. The van der Waals surface area contributed by atoms with Gasteiger partial charge in [-0.15, -0.1) is 0 Å². The van der Waals surface area contributed by atoms with Crippen LogP contribution < -0.4 is 5.32 Å². The molecule has 1 aliphatic heterocycles. The number of carbonyl (C=O) groups excluding carboxylic acids is 2. The average molecular weight is 392 g/mol. The lowest BCUT2D eigenvalue weighted by atomic mass is 10.0. The van der Waals surface area contributed by atoms with E-state index in [0.29, 0.717) is 17.7 Å². The molecule has 1 N–H and O–H groups in total. The lowest BCUT2D eigenvalue weighted by molar-refractivity contribution is -0.117. The maximum Gasteiger partial charge on any atom is 0.255 e. The zero-order valence-corrected chi connectivity index (χ0v) is 15.4. The standard InChI is InChI=1S/C23H18F2N2O2/c24-17-11-9-15(10-12-17)21(13-22(28)26-20-8-4-3-7-19(20)25)27-14-16-5-1-2-6-18(16)23(27)29/h1-12,21H,13-14H2,(H,26,28)/t21-/m0/s1. The Labute approximate surface area is 166 Å². The number of carbonyl (C=O) groups is 2. The molecule has 0 spiro atoms. The number of amides is 2. The Morgan fingerprint density at radius 2 is 1.66 bits per heavy atom.